The lowest BCUT2D eigenvalue weighted by Gasteiger charge is -2.12. The smallest absolute Gasteiger partial charge is 0.264 e. The third-order valence-electron chi connectivity index (χ3n) is 4.92. The highest BCUT2D eigenvalue weighted by molar-refractivity contribution is 8.18. The van der Waals surface area contributed by atoms with E-state index in [-0.39, 0.29) is 5.91 Å². The number of aromatic nitrogens is 1. The van der Waals surface area contributed by atoms with Crippen LogP contribution in [0, 0.1) is 13.8 Å². The third kappa shape index (κ3) is 4.19. The van der Waals surface area contributed by atoms with Crippen molar-refractivity contribution in [1.82, 2.24) is 9.88 Å². The minimum absolute atomic E-state index is 0.140. The molecule has 0 spiro atoms. The fourth-order valence-electron chi connectivity index (χ4n) is 3.24. The summed E-state index contributed by atoms with van der Waals surface area (Å²) in [6.45, 7) is 6.78. The fraction of sp³-hybridized carbons (Fsp3) is 0.167. The van der Waals surface area contributed by atoms with Crippen molar-refractivity contribution >= 4 is 34.6 Å². The second-order valence-corrected chi connectivity index (χ2v) is 7.96. The monoisotopic (exact) mass is 417 g/mol. The molecule has 6 heteroatoms. The molecule has 1 aromatic heterocycles. The van der Waals surface area contributed by atoms with Gasteiger partial charge < -0.3 is 14.6 Å². The zero-order valence-electron chi connectivity index (χ0n) is 17.2. The summed E-state index contributed by atoms with van der Waals surface area (Å²) >= 11 is 1.34. The molecule has 1 fully saturated rings. The molecule has 0 saturated carbocycles. The Hall–Kier alpha value is -3.25. The van der Waals surface area contributed by atoms with Crippen LogP contribution in [0.15, 0.2) is 70.7 Å². The summed E-state index contributed by atoms with van der Waals surface area (Å²) < 4.78 is 7.55. The standard InChI is InChI=1S/C24H23N3O2S/c1-4-29-20-12-10-18(11-13-20)25-24-26-23(28)22(30-24)15-19-8-6-14-27(19)21-9-5-7-16(2)17(21)3/h5-15H,4H2,1-3H3,(H,25,26,28)/b22-15+. The average molecular weight is 418 g/mol. The van der Waals surface area contributed by atoms with Crippen molar-refractivity contribution in [2.75, 3.05) is 6.61 Å². The Morgan fingerprint density at radius 3 is 2.67 bits per heavy atom. The van der Waals surface area contributed by atoms with Crippen LogP contribution >= 0.6 is 11.8 Å². The zero-order chi connectivity index (χ0) is 21.1. The van der Waals surface area contributed by atoms with Crippen molar-refractivity contribution < 1.29 is 9.53 Å². The summed E-state index contributed by atoms with van der Waals surface area (Å²) in [5.41, 5.74) is 5.27. The second kappa shape index (κ2) is 8.63. The molecule has 1 aliphatic rings. The van der Waals surface area contributed by atoms with E-state index in [4.69, 9.17) is 4.74 Å². The Balaban J connectivity index is 1.58. The lowest BCUT2D eigenvalue weighted by molar-refractivity contribution is -0.115. The summed E-state index contributed by atoms with van der Waals surface area (Å²) in [6.07, 6.45) is 3.92. The van der Waals surface area contributed by atoms with Crippen LogP contribution in [0.2, 0.25) is 0 Å². The highest BCUT2D eigenvalue weighted by atomic mass is 32.2. The van der Waals surface area contributed by atoms with E-state index in [2.05, 4.69) is 40.9 Å². The largest absolute Gasteiger partial charge is 0.494 e. The number of amidine groups is 1. The van der Waals surface area contributed by atoms with Crippen LogP contribution < -0.4 is 10.1 Å². The maximum Gasteiger partial charge on any atom is 0.264 e. The molecular formula is C24H23N3O2S. The molecule has 30 heavy (non-hydrogen) atoms. The summed E-state index contributed by atoms with van der Waals surface area (Å²) in [7, 11) is 0. The van der Waals surface area contributed by atoms with E-state index in [9.17, 15) is 4.79 Å². The van der Waals surface area contributed by atoms with Gasteiger partial charge in [-0.25, -0.2) is 4.99 Å². The number of carbonyl (C=O) groups is 1. The van der Waals surface area contributed by atoms with E-state index in [0.717, 1.165) is 22.8 Å². The number of hydrogen-bond acceptors (Lipinski definition) is 4. The van der Waals surface area contributed by atoms with Crippen LogP contribution in [0.3, 0.4) is 0 Å². The predicted octanol–water partition coefficient (Wildman–Crippen LogP) is 5.38. The first-order chi connectivity index (χ1) is 14.5. The number of hydrogen-bond donors (Lipinski definition) is 1. The number of aliphatic imine (C=N–C) groups is 1. The van der Waals surface area contributed by atoms with Crippen molar-refractivity contribution in [1.29, 1.82) is 0 Å². The molecule has 2 heterocycles. The number of ether oxygens (including phenoxy) is 1. The van der Waals surface area contributed by atoms with Gasteiger partial charge in [-0.1, -0.05) is 12.1 Å². The normalized spacial score (nSPS) is 16.3. The van der Waals surface area contributed by atoms with Crippen molar-refractivity contribution in [3.05, 3.63) is 82.5 Å². The van der Waals surface area contributed by atoms with Gasteiger partial charge in [0.1, 0.15) is 5.75 Å². The summed E-state index contributed by atoms with van der Waals surface area (Å²) in [6, 6.07) is 17.7. The van der Waals surface area contributed by atoms with Crippen LogP contribution in [-0.4, -0.2) is 22.2 Å². The van der Waals surface area contributed by atoms with Gasteiger partial charge >= 0.3 is 0 Å². The Labute approximate surface area is 180 Å². The molecule has 0 unspecified atom stereocenters. The van der Waals surface area contributed by atoms with E-state index < -0.39 is 0 Å². The van der Waals surface area contributed by atoms with Gasteiger partial charge in [0.15, 0.2) is 5.17 Å². The second-order valence-electron chi connectivity index (χ2n) is 6.93. The van der Waals surface area contributed by atoms with Crippen molar-refractivity contribution in [2.24, 2.45) is 4.99 Å². The van der Waals surface area contributed by atoms with Crippen molar-refractivity contribution in [3.8, 4) is 11.4 Å². The summed E-state index contributed by atoms with van der Waals surface area (Å²) in [5, 5.41) is 3.42. The number of benzene rings is 2. The van der Waals surface area contributed by atoms with Crippen LogP contribution in [0.5, 0.6) is 5.75 Å². The van der Waals surface area contributed by atoms with Gasteiger partial charge in [0, 0.05) is 17.6 Å². The molecule has 0 aliphatic carbocycles. The average Bonchev–Trinajstić information content (AvgIpc) is 3.32. The molecule has 1 aliphatic heterocycles. The Morgan fingerprint density at radius 1 is 1.10 bits per heavy atom. The zero-order valence-corrected chi connectivity index (χ0v) is 18.0. The molecule has 0 atom stereocenters. The molecule has 0 bridgehead atoms. The molecule has 0 radical (unpaired) electrons. The lowest BCUT2D eigenvalue weighted by atomic mass is 10.1. The number of nitrogens with zero attached hydrogens (tertiary/aromatic N) is 2. The number of nitrogens with one attached hydrogen (secondary N) is 1. The fourth-order valence-corrected chi connectivity index (χ4v) is 4.07. The van der Waals surface area contributed by atoms with Gasteiger partial charge in [-0.15, -0.1) is 0 Å². The van der Waals surface area contributed by atoms with Gasteiger partial charge in [0.25, 0.3) is 5.91 Å². The van der Waals surface area contributed by atoms with E-state index in [1.165, 1.54) is 22.9 Å². The highest BCUT2D eigenvalue weighted by Gasteiger charge is 2.24. The van der Waals surface area contributed by atoms with Crippen LogP contribution in [0.4, 0.5) is 5.69 Å². The van der Waals surface area contributed by atoms with Gasteiger partial charge in [0.2, 0.25) is 0 Å². The van der Waals surface area contributed by atoms with E-state index >= 15 is 0 Å². The van der Waals surface area contributed by atoms with E-state index in [1.54, 1.807) is 0 Å². The molecular weight excluding hydrogens is 394 g/mol. The first-order valence-electron chi connectivity index (χ1n) is 9.81. The third-order valence-corrected chi connectivity index (χ3v) is 5.83. The molecule has 1 saturated heterocycles. The van der Waals surface area contributed by atoms with Gasteiger partial charge in [0.05, 0.1) is 17.2 Å². The minimum atomic E-state index is -0.140. The van der Waals surface area contributed by atoms with Crippen molar-refractivity contribution in [2.45, 2.75) is 20.8 Å². The lowest BCUT2D eigenvalue weighted by Crippen LogP contribution is -2.19. The highest BCUT2D eigenvalue weighted by Crippen LogP contribution is 2.30. The summed E-state index contributed by atoms with van der Waals surface area (Å²) in [5.74, 6) is 0.663. The molecule has 3 aromatic rings. The predicted molar refractivity (Wildman–Crippen MR) is 124 cm³/mol. The van der Waals surface area contributed by atoms with Crippen LogP contribution in [0.25, 0.3) is 11.8 Å². The molecule has 4 rings (SSSR count). The molecule has 5 nitrogen and oxygen atoms in total. The number of carbonyl (C=O) groups excluding carboxylic acids is 1. The topological polar surface area (TPSA) is 55.6 Å². The Bertz CT molecular complexity index is 1140. The molecule has 1 amide bonds. The maximum atomic E-state index is 12.5. The quantitative estimate of drug-likeness (QED) is 0.567. The van der Waals surface area contributed by atoms with Gasteiger partial charge in [-0.3, -0.25) is 4.79 Å². The van der Waals surface area contributed by atoms with Crippen LogP contribution in [-0.2, 0) is 4.79 Å². The van der Waals surface area contributed by atoms with Crippen LogP contribution in [0.1, 0.15) is 23.7 Å². The van der Waals surface area contributed by atoms with E-state index in [1.807, 2.05) is 61.7 Å². The Morgan fingerprint density at radius 2 is 1.90 bits per heavy atom. The first-order valence-corrected chi connectivity index (χ1v) is 10.6. The van der Waals surface area contributed by atoms with E-state index in [0.29, 0.717) is 16.7 Å². The van der Waals surface area contributed by atoms with Gasteiger partial charge in [-0.2, -0.15) is 0 Å². The summed E-state index contributed by atoms with van der Waals surface area (Å²) in [4.78, 5) is 17.7. The first kappa shape index (κ1) is 20.0. The molecule has 2 aromatic carbocycles. The maximum absolute atomic E-state index is 12.5. The number of amides is 1. The minimum Gasteiger partial charge on any atom is -0.494 e. The van der Waals surface area contributed by atoms with Crippen molar-refractivity contribution in [3.63, 3.8) is 0 Å². The number of aryl methyl sites for hydroxylation is 1. The number of rotatable bonds is 5. The molecule has 152 valence electrons. The number of thioether (sulfide) groups is 1. The molecule has 1 N–H and O–H groups in total. The SMILES string of the molecule is CCOc1ccc(N=C2NC(=O)/C(=C\c3cccn3-c3cccc(C)c3C)S2)cc1. The van der Waals surface area contributed by atoms with Gasteiger partial charge in [-0.05, 0) is 92.2 Å². The Kier molecular flexibility index (Phi) is 5.77.